The van der Waals surface area contributed by atoms with Crippen molar-refractivity contribution >= 4 is 30.1 Å². The Labute approximate surface area is 218 Å². The monoisotopic (exact) mass is 524 g/mol. The smallest absolute Gasteiger partial charge is 0.426 e. The minimum Gasteiger partial charge on any atom is -0.450 e. The van der Waals surface area contributed by atoms with Gasteiger partial charge in [0.2, 0.25) is 5.91 Å². The standard InChI is InChI=1S/C26H28N4O8/c1-3-36-25(34)29-30-21(20(23(30)32)28-19(31)14-16-10-6-4-7-11-16)22-26(2,35)18(15-27-38-22)37-24(33)17-12-8-5-9-13-17/h4-13,15,18,20-22,35H,3,14H2,1-2H3,(H,28,31)(H,29,34)/t18-,20+,21+,22-,26-/m0/s1. The van der Waals surface area contributed by atoms with Gasteiger partial charge < -0.3 is 24.7 Å². The first-order valence-corrected chi connectivity index (χ1v) is 12.0. The van der Waals surface area contributed by atoms with E-state index in [4.69, 9.17) is 14.3 Å². The van der Waals surface area contributed by atoms with Gasteiger partial charge in [-0.2, -0.15) is 0 Å². The van der Waals surface area contributed by atoms with Gasteiger partial charge in [0.15, 0.2) is 12.2 Å². The summed E-state index contributed by atoms with van der Waals surface area (Å²) in [6, 6.07) is 14.8. The number of oxime groups is 1. The number of hydrogen-bond donors (Lipinski definition) is 3. The zero-order chi connectivity index (χ0) is 27.3. The molecule has 4 rings (SSSR count). The molecule has 38 heavy (non-hydrogen) atoms. The number of aliphatic hydroxyl groups is 1. The van der Waals surface area contributed by atoms with Crippen LogP contribution in [0.1, 0.15) is 29.8 Å². The zero-order valence-electron chi connectivity index (χ0n) is 20.8. The van der Waals surface area contributed by atoms with E-state index in [0.717, 1.165) is 16.8 Å². The molecule has 12 heteroatoms. The zero-order valence-corrected chi connectivity index (χ0v) is 20.8. The second kappa shape index (κ2) is 11.3. The molecule has 0 spiro atoms. The number of benzene rings is 2. The van der Waals surface area contributed by atoms with Gasteiger partial charge in [0.25, 0.3) is 5.91 Å². The number of hydrazine groups is 1. The number of hydrogen-bond acceptors (Lipinski definition) is 9. The van der Waals surface area contributed by atoms with Crippen molar-refractivity contribution in [2.75, 3.05) is 6.61 Å². The van der Waals surface area contributed by atoms with Gasteiger partial charge >= 0.3 is 12.1 Å². The molecule has 0 aliphatic carbocycles. The average molecular weight is 525 g/mol. The van der Waals surface area contributed by atoms with E-state index in [-0.39, 0.29) is 18.6 Å². The first kappa shape index (κ1) is 26.6. The predicted octanol–water partition coefficient (Wildman–Crippen LogP) is 0.947. The topological polar surface area (TPSA) is 156 Å². The largest absolute Gasteiger partial charge is 0.450 e. The molecule has 0 saturated carbocycles. The van der Waals surface area contributed by atoms with E-state index in [1.54, 1.807) is 61.5 Å². The highest BCUT2D eigenvalue weighted by Gasteiger charge is 2.62. The van der Waals surface area contributed by atoms with Crippen molar-refractivity contribution < 1.29 is 38.6 Å². The third-order valence-electron chi connectivity index (χ3n) is 6.23. The molecule has 1 fully saturated rings. The second-order valence-electron chi connectivity index (χ2n) is 8.94. The lowest BCUT2D eigenvalue weighted by molar-refractivity contribution is -0.207. The minimum absolute atomic E-state index is 0.0000277. The minimum atomic E-state index is -1.92. The van der Waals surface area contributed by atoms with Crippen LogP contribution in [0.4, 0.5) is 4.79 Å². The van der Waals surface area contributed by atoms with Gasteiger partial charge in [-0.3, -0.25) is 9.59 Å². The van der Waals surface area contributed by atoms with Crippen LogP contribution >= 0.6 is 0 Å². The van der Waals surface area contributed by atoms with E-state index in [2.05, 4.69) is 15.9 Å². The van der Waals surface area contributed by atoms with Gasteiger partial charge in [-0.1, -0.05) is 53.7 Å². The van der Waals surface area contributed by atoms with Gasteiger partial charge in [-0.25, -0.2) is 20.0 Å². The van der Waals surface area contributed by atoms with Gasteiger partial charge in [0, 0.05) is 0 Å². The number of rotatable bonds is 8. The van der Waals surface area contributed by atoms with Crippen molar-refractivity contribution in [3.63, 3.8) is 0 Å². The highest BCUT2D eigenvalue weighted by atomic mass is 16.7. The van der Waals surface area contributed by atoms with Gasteiger partial charge in [0.1, 0.15) is 17.7 Å². The average Bonchev–Trinajstić information content (AvgIpc) is 2.90. The molecule has 2 aliphatic heterocycles. The number of amides is 3. The summed E-state index contributed by atoms with van der Waals surface area (Å²) in [6.07, 6.45) is -2.37. The van der Waals surface area contributed by atoms with Crippen LogP contribution in [-0.4, -0.2) is 76.7 Å². The molecule has 2 aromatic rings. The maximum Gasteiger partial charge on any atom is 0.426 e. The van der Waals surface area contributed by atoms with Crippen molar-refractivity contribution in [2.45, 2.75) is 50.2 Å². The Morgan fingerprint density at radius 1 is 1.11 bits per heavy atom. The summed E-state index contributed by atoms with van der Waals surface area (Å²) in [7, 11) is 0. The van der Waals surface area contributed by atoms with Crippen molar-refractivity contribution in [3.8, 4) is 0 Å². The fourth-order valence-corrected chi connectivity index (χ4v) is 4.26. The fraction of sp³-hybridized carbons (Fsp3) is 0.346. The third-order valence-corrected chi connectivity index (χ3v) is 6.23. The molecular formula is C26H28N4O8. The van der Waals surface area contributed by atoms with Gasteiger partial charge in [-0.15, -0.1) is 0 Å². The van der Waals surface area contributed by atoms with Crippen molar-refractivity contribution in [1.82, 2.24) is 15.8 Å². The fourth-order valence-electron chi connectivity index (χ4n) is 4.26. The quantitative estimate of drug-likeness (QED) is 0.340. The van der Waals surface area contributed by atoms with E-state index in [9.17, 15) is 24.3 Å². The van der Waals surface area contributed by atoms with E-state index in [1.165, 1.54) is 6.92 Å². The molecule has 0 unspecified atom stereocenters. The van der Waals surface area contributed by atoms with Crippen LogP contribution in [0.25, 0.3) is 0 Å². The summed E-state index contributed by atoms with van der Waals surface area (Å²) >= 11 is 0. The van der Waals surface area contributed by atoms with Gasteiger partial charge in [0.05, 0.1) is 24.8 Å². The lowest BCUT2D eigenvalue weighted by Crippen LogP contribution is -2.81. The molecule has 0 bridgehead atoms. The Morgan fingerprint density at radius 2 is 1.76 bits per heavy atom. The summed E-state index contributed by atoms with van der Waals surface area (Å²) in [5.74, 6) is -1.82. The molecular weight excluding hydrogens is 496 g/mol. The van der Waals surface area contributed by atoms with Crippen LogP contribution < -0.4 is 10.7 Å². The molecule has 200 valence electrons. The molecule has 5 atom stereocenters. The Hall–Kier alpha value is -4.45. The number of esters is 1. The lowest BCUT2D eigenvalue weighted by Gasteiger charge is -2.52. The molecule has 12 nitrogen and oxygen atoms in total. The number of β-lactam (4-membered cyclic amide) rings is 1. The molecule has 0 aromatic heterocycles. The number of ether oxygens (including phenoxy) is 2. The van der Waals surface area contributed by atoms with Crippen LogP contribution in [0, 0.1) is 0 Å². The Morgan fingerprint density at radius 3 is 2.42 bits per heavy atom. The van der Waals surface area contributed by atoms with Crippen molar-refractivity contribution in [3.05, 3.63) is 71.8 Å². The number of carbonyl (C=O) groups is 4. The predicted molar refractivity (Wildman–Crippen MR) is 133 cm³/mol. The number of nitrogens with zero attached hydrogens (tertiary/aromatic N) is 2. The summed E-state index contributed by atoms with van der Waals surface area (Å²) in [6.45, 7) is 2.99. The van der Waals surface area contributed by atoms with Crippen LogP contribution in [0.5, 0.6) is 0 Å². The first-order valence-electron chi connectivity index (χ1n) is 12.0. The summed E-state index contributed by atoms with van der Waals surface area (Å²) < 4.78 is 10.4. The summed E-state index contributed by atoms with van der Waals surface area (Å²) in [5, 5.41) is 18.8. The molecule has 2 aromatic carbocycles. The third kappa shape index (κ3) is 5.59. The van der Waals surface area contributed by atoms with Crippen LogP contribution in [-0.2, 0) is 30.3 Å². The molecule has 1 saturated heterocycles. The Bertz CT molecular complexity index is 1200. The first-order chi connectivity index (χ1) is 18.2. The SMILES string of the molecule is CCOC(=O)NN1C(=O)[C@H](NC(=O)Cc2ccccc2)[C@@H]1[C@@H]1ON=C[C@H](OC(=O)c2ccccc2)[C@]1(C)O. The van der Waals surface area contributed by atoms with E-state index in [1.807, 2.05) is 6.07 Å². The number of carbonyl (C=O) groups excluding carboxylic acids is 4. The maximum absolute atomic E-state index is 13.0. The van der Waals surface area contributed by atoms with Crippen LogP contribution in [0.3, 0.4) is 0 Å². The van der Waals surface area contributed by atoms with Crippen molar-refractivity contribution in [2.24, 2.45) is 5.16 Å². The van der Waals surface area contributed by atoms with Crippen LogP contribution in [0.15, 0.2) is 65.8 Å². The molecule has 0 radical (unpaired) electrons. The summed E-state index contributed by atoms with van der Waals surface area (Å²) in [5.41, 5.74) is 1.37. The van der Waals surface area contributed by atoms with E-state index < -0.39 is 53.8 Å². The van der Waals surface area contributed by atoms with E-state index in [0.29, 0.717) is 0 Å². The highest BCUT2D eigenvalue weighted by molar-refractivity contribution is 5.95. The van der Waals surface area contributed by atoms with Gasteiger partial charge in [-0.05, 0) is 31.5 Å². The maximum atomic E-state index is 13.0. The normalized spacial score (nSPS) is 26.0. The second-order valence-corrected chi connectivity index (χ2v) is 8.94. The summed E-state index contributed by atoms with van der Waals surface area (Å²) in [4.78, 5) is 55.9. The Kier molecular flexibility index (Phi) is 7.91. The Balaban J connectivity index is 1.54. The highest BCUT2D eigenvalue weighted by Crippen LogP contribution is 2.34. The van der Waals surface area contributed by atoms with E-state index >= 15 is 0 Å². The molecule has 2 heterocycles. The lowest BCUT2D eigenvalue weighted by atomic mass is 9.80. The molecule has 2 aliphatic rings. The van der Waals surface area contributed by atoms with Crippen LogP contribution in [0.2, 0.25) is 0 Å². The molecule has 3 N–H and O–H groups in total. The number of nitrogens with one attached hydrogen (secondary N) is 2. The molecule has 3 amide bonds. The van der Waals surface area contributed by atoms with Crippen molar-refractivity contribution in [1.29, 1.82) is 0 Å².